The van der Waals surface area contributed by atoms with Crippen molar-refractivity contribution in [1.29, 1.82) is 0 Å². The van der Waals surface area contributed by atoms with E-state index in [0.717, 1.165) is 0 Å². The summed E-state index contributed by atoms with van der Waals surface area (Å²) in [7, 11) is -2.09. The van der Waals surface area contributed by atoms with Crippen LogP contribution in [0.3, 0.4) is 0 Å². The predicted molar refractivity (Wildman–Crippen MR) is 179 cm³/mol. The molecule has 4 aromatic carbocycles. The van der Waals surface area contributed by atoms with Crippen LogP contribution in [-0.4, -0.2) is 21.6 Å². The van der Waals surface area contributed by atoms with Crippen LogP contribution in [0, 0.1) is 41.5 Å². The molecule has 0 atom stereocenters. The Morgan fingerprint density at radius 2 is 0.895 bits per heavy atom. The largest absolute Gasteiger partial charge is 0.153 e. The smallest absolute Gasteiger partial charge is 0.0478 e. The number of hydrogen-bond donors (Lipinski definition) is 0. The van der Waals surface area contributed by atoms with E-state index in [1.54, 1.807) is 34.5 Å². The van der Waals surface area contributed by atoms with Gasteiger partial charge in [0.15, 0.2) is 0 Å². The molecule has 0 N–H and O–H groups in total. The second-order valence-corrected chi connectivity index (χ2v) is 34.4. The summed E-state index contributed by atoms with van der Waals surface area (Å²) in [6.07, 6.45) is 0. The zero-order valence-corrected chi connectivity index (χ0v) is 32.3. The van der Waals surface area contributed by atoms with E-state index in [9.17, 15) is 0 Å². The van der Waals surface area contributed by atoms with E-state index in [4.69, 9.17) is 0 Å². The Hall–Kier alpha value is -0.806. The maximum absolute atomic E-state index is 2.45. The Labute approximate surface area is 251 Å². The molecule has 0 saturated carbocycles. The molecule has 0 spiro atoms. The van der Waals surface area contributed by atoms with Gasteiger partial charge < -0.3 is 0 Å². The second-order valence-electron chi connectivity index (χ2n) is 14.0. The van der Waals surface area contributed by atoms with Crippen LogP contribution in [0.15, 0.2) is 36.4 Å². The Bertz CT molecular complexity index is 1310. The molecule has 4 heteroatoms. The van der Waals surface area contributed by atoms with Crippen molar-refractivity contribution in [3.63, 3.8) is 0 Å². The molecule has 0 bridgehead atoms. The van der Waals surface area contributed by atoms with Crippen molar-refractivity contribution < 1.29 is 23.3 Å². The fourth-order valence-corrected chi connectivity index (χ4v) is 8.15. The van der Waals surface area contributed by atoms with Crippen LogP contribution < -0.4 is 0 Å². The number of fused-ring (bicyclic) bond motifs is 2. The fourth-order valence-electron chi connectivity index (χ4n) is 5.28. The van der Waals surface area contributed by atoms with Crippen molar-refractivity contribution in [2.24, 2.45) is 0 Å². The van der Waals surface area contributed by atoms with E-state index in [2.05, 4.69) is 130 Å². The molecule has 0 heterocycles. The van der Waals surface area contributed by atoms with Gasteiger partial charge in [0.25, 0.3) is 0 Å². The molecular weight excluding hydrogens is 584 g/mol. The third-order valence-electron chi connectivity index (χ3n) is 7.20. The summed E-state index contributed by atoms with van der Waals surface area (Å²) in [5.74, 6) is 0. The Morgan fingerprint density at radius 3 is 1.16 bits per heavy atom. The van der Waals surface area contributed by atoms with Crippen LogP contribution in [0.5, 0.6) is 0 Å². The van der Waals surface area contributed by atoms with Crippen LogP contribution in [0.4, 0.5) is 0 Å². The monoisotopic (exact) mass is 634 g/mol. The van der Waals surface area contributed by atoms with Gasteiger partial charge in [-0.25, -0.2) is 0 Å². The Balaban J connectivity index is 0.000000234. The first-order valence-corrected chi connectivity index (χ1v) is 27.7. The zero-order valence-electron chi connectivity index (χ0n) is 26.9. The van der Waals surface area contributed by atoms with E-state index < -0.39 is 16.1 Å². The van der Waals surface area contributed by atoms with Crippen molar-refractivity contribution in [2.45, 2.75) is 106 Å². The van der Waals surface area contributed by atoms with Crippen LogP contribution in [0.2, 0.25) is 52.4 Å². The number of aryl methyl sites for hydroxylation is 6. The summed E-state index contributed by atoms with van der Waals surface area (Å²) in [6.45, 7) is 32.7. The van der Waals surface area contributed by atoms with Gasteiger partial charge in [0.2, 0.25) is 0 Å². The normalized spacial score (nSPS) is 11.8. The molecule has 0 fully saturated rings. The minimum atomic E-state index is -1.05. The first-order chi connectivity index (χ1) is 17.3. The minimum absolute atomic E-state index is 0.210. The van der Waals surface area contributed by atoms with Gasteiger partial charge in [0.1, 0.15) is 0 Å². The molecule has 4 aromatic rings. The van der Waals surface area contributed by atoms with Gasteiger partial charge in [-0.05, 0) is 12.1 Å². The summed E-state index contributed by atoms with van der Waals surface area (Å²) >= 11 is 1.74. The van der Waals surface area contributed by atoms with Gasteiger partial charge in [-0.15, -0.1) is 68.1 Å². The van der Waals surface area contributed by atoms with E-state index >= 15 is 0 Å². The van der Waals surface area contributed by atoms with Crippen molar-refractivity contribution in [1.82, 2.24) is 0 Å². The molecule has 0 aromatic heterocycles. The quantitative estimate of drug-likeness (QED) is 0.155. The Kier molecular flexibility index (Phi) is 11.6. The van der Waals surface area contributed by atoms with E-state index in [1.165, 1.54) is 67.0 Å². The minimum Gasteiger partial charge on any atom is -0.153 e. The summed E-state index contributed by atoms with van der Waals surface area (Å²) < 4.78 is 0. The predicted octanol–water partition coefficient (Wildman–Crippen LogP) is 10.6. The molecule has 4 rings (SSSR count). The van der Waals surface area contributed by atoms with Gasteiger partial charge in [0.05, 0.1) is 0 Å². The summed E-state index contributed by atoms with van der Waals surface area (Å²) in [5, 5.41) is 6.00. The molecule has 0 aliphatic carbocycles. The first kappa shape index (κ1) is 33.4. The number of benzene rings is 2. The maximum atomic E-state index is 2.45. The second kappa shape index (κ2) is 13.2. The van der Waals surface area contributed by atoms with Crippen LogP contribution in [0.25, 0.3) is 21.5 Å². The third-order valence-corrected chi connectivity index (χ3v) is 10.1. The molecule has 204 valence electrons. The number of rotatable bonds is 4. The van der Waals surface area contributed by atoms with Crippen LogP contribution in [-0.2, 0) is 35.4 Å². The van der Waals surface area contributed by atoms with Crippen molar-refractivity contribution >= 4 is 43.1 Å². The van der Waals surface area contributed by atoms with E-state index in [0.29, 0.717) is 0 Å². The average Bonchev–Trinajstić information content (AvgIpc) is 3.22. The summed E-state index contributed by atoms with van der Waals surface area (Å²) in [5.41, 5.74) is 12.0. The topological polar surface area (TPSA) is 0 Å². The molecule has 0 unspecified atom stereocenters. The molecule has 0 aliphatic rings. The summed E-state index contributed by atoms with van der Waals surface area (Å²) in [6, 6.07) is 16.6. The molecule has 0 radical (unpaired) electrons. The Morgan fingerprint density at radius 1 is 0.605 bits per heavy atom. The van der Waals surface area contributed by atoms with Gasteiger partial charge in [-0.2, -0.15) is 11.1 Å². The maximum Gasteiger partial charge on any atom is 0.0478 e. The third kappa shape index (κ3) is 9.11. The molecule has 0 amide bonds. The van der Waals surface area contributed by atoms with Crippen LogP contribution >= 0.6 is 0 Å². The van der Waals surface area contributed by atoms with Crippen molar-refractivity contribution in [3.8, 4) is 0 Å². The van der Waals surface area contributed by atoms with Crippen LogP contribution in [0.1, 0.15) is 44.5 Å². The molecule has 0 aliphatic heterocycles. The molecule has 0 nitrogen and oxygen atoms in total. The average molecular weight is 636 g/mol. The SMILES string of the molecule is C[Si](C)=[Zr+2].Cc1[cH-]c2c(C)ccc(C[Si](C)(C)C)c2c1C.Cc1[cH-]c2c(C)ccc(C[Si](C)(C)C)c2c1C. The number of hydrogen-bond acceptors (Lipinski definition) is 0. The van der Waals surface area contributed by atoms with E-state index in [-0.39, 0.29) is 5.43 Å². The summed E-state index contributed by atoms with van der Waals surface area (Å²) in [4.78, 5) is 0. The first-order valence-electron chi connectivity index (χ1n) is 14.1. The van der Waals surface area contributed by atoms with Gasteiger partial charge >= 0.3 is 41.9 Å². The van der Waals surface area contributed by atoms with Crippen molar-refractivity contribution in [2.75, 3.05) is 0 Å². The molecular formula is C34H52Si3Zr. The fraction of sp³-hybridized carbons (Fsp3) is 0.471. The van der Waals surface area contributed by atoms with Crippen molar-refractivity contribution in [3.05, 3.63) is 80.9 Å². The molecule has 0 saturated heterocycles. The standard InChI is InChI=1S/2C16H23Si.C2H6Si.Zr/c2*1-11-7-8-14(10-17(4,5)6)16-13(3)12(2)9-15(11)16;1-3-2;/h2*7-9H,10H2,1-6H3;1-2H3;/q2*-1;;+2. The van der Waals surface area contributed by atoms with E-state index in [1.807, 2.05) is 0 Å². The van der Waals surface area contributed by atoms with Gasteiger partial charge in [0, 0.05) is 16.1 Å². The van der Waals surface area contributed by atoms with Gasteiger partial charge in [-0.3, -0.25) is 0 Å². The van der Waals surface area contributed by atoms with Gasteiger partial charge in [-0.1, -0.05) is 104 Å². The zero-order chi connectivity index (χ0) is 29.2. The molecule has 38 heavy (non-hydrogen) atoms.